The molecule has 1 fully saturated rings. The highest BCUT2D eigenvalue weighted by atomic mass is 32.2. The molecule has 184 valence electrons. The fourth-order valence-electron chi connectivity index (χ4n) is 2.73. The first-order valence-electron chi connectivity index (χ1n) is 10.3. The first-order valence-corrected chi connectivity index (χ1v) is 13.5. The summed E-state index contributed by atoms with van der Waals surface area (Å²) in [5.41, 5.74) is -0.482. The van der Waals surface area contributed by atoms with Crippen LogP contribution in [-0.2, 0) is 20.6 Å². The van der Waals surface area contributed by atoms with Crippen molar-refractivity contribution in [1.29, 1.82) is 0 Å². The molecule has 1 N–H and O–H groups in total. The maximum atomic E-state index is 12.4. The van der Waals surface area contributed by atoms with E-state index in [0.717, 1.165) is 23.4 Å². The van der Waals surface area contributed by atoms with Crippen molar-refractivity contribution < 1.29 is 27.2 Å². The Morgan fingerprint density at radius 2 is 1.94 bits per heavy atom. The molecule has 1 amide bonds. The standard InChI is InChI=1S/C21H20N4O7S3/c1-25(2)35(29,30)15-7-5-13(6-8-15)19(28)32-17-10-31-14(9-16(17)26)11-33-21-24-23-20(34-21)22-18(27)12-3-4-12/h5-10,12H,3-4,11H2,1-2H3,(H,22,23,27). The number of esters is 1. The molecule has 1 saturated carbocycles. The van der Waals surface area contributed by atoms with Gasteiger partial charge in [-0.15, -0.1) is 10.2 Å². The van der Waals surface area contributed by atoms with E-state index in [1.54, 1.807) is 0 Å². The Balaban J connectivity index is 1.34. The highest BCUT2D eigenvalue weighted by Gasteiger charge is 2.30. The van der Waals surface area contributed by atoms with Crippen molar-refractivity contribution in [2.24, 2.45) is 5.92 Å². The number of carbonyl (C=O) groups is 2. The van der Waals surface area contributed by atoms with E-state index in [9.17, 15) is 22.8 Å². The lowest BCUT2D eigenvalue weighted by Gasteiger charge is -2.11. The number of thioether (sulfide) groups is 1. The highest BCUT2D eigenvalue weighted by Crippen LogP contribution is 2.32. The van der Waals surface area contributed by atoms with Crippen LogP contribution in [0.4, 0.5) is 5.13 Å². The second kappa shape index (κ2) is 10.3. The molecule has 1 aliphatic rings. The molecule has 0 aliphatic heterocycles. The van der Waals surface area contributed by atoms with Crippen molar-refractivity contribution in [3.05, 3.63) is 58.1 Å². The van der Waals surface area contributed by atoms with Gasteiger partial charge >= 0.3 is 5.97 Å². The molecule has 0 atom stereocenters. The van der Waals surface area contributed by atoms with Crippen molar-refractivity contribution in [2.75, 3.05) is 19.4 Å². The minimum atomic E-state index is -3.63. The third kappa shape index (κ3) is 6.14. The third-order valence-electron chi connectivity index (χ3n) is 4.85. The SMILES string of the molecule is CN(C)S(=O)(=O)c1ccc(C(=O)Oc2coc(CSc3nnc(NC(=O)C4CC4)s3)cc2=O)cc1. The molecule has 0 spiro atoms. The lowest BCUT2D eigenvalue weighted by atomic mass is 10.2. The van der Waals surface area contributed by atoms with Crippen LogP contribution in [0.15, 0.2) is 55.0 Å². The van der Waals surface area contributed by atoms with Crippen LogP contribution in [0.1, 0.15) is 29.0 Å². The topological polar surface area (TPSA) is 149 Å². The Hall–Kier alpha value is -3.07. The van der Waals surface area contributed by atoms with Crippen molar-refractivity contribution in [1.82, 2.24) is 14.5 Å². The Morgan fingerprint density at radius 1 is 1.23 bits per heavy atom. The number of benzene rings is 1. The van der Waals surface area contributed by atoms with E-state index in [2.05, 4.69) is 15.5 Å². The molecular formula is C21H20N4O7S3. The van der Waals surface area contributed by atoms with Gasteiger partial charge in [0.1, 0.15) is 12.0 Å². The van der Waals surface area contributed by atoms with Crippen LogP contribution >= 0.6 is 23.1 Å². The second-order valence-corrected chi connectivity index (χ2v) is 12.1. The zero-order valence-electron chi connectivity index (χ0n) is 18.6. The molecule has 0 bridgehead atoms. The molecule has 0 saturated heterocycles. The van der Waals surface area contributed by atoms with Crippen molar-refractivity contribution in [2.45, 2.75) is 27.8 Å². The Labute approximate surface area is 208 Å². The number of hydrogen-bond acceptors (Lipinski definition) is 11. The summed E-state index contributed by atoms with van der Waals surface area (Å²) in [6.07, 6.45) is 2.83. The largest absolute Gasteiger partial charge is 0.464 e. The van der Waals surface area contributed by atoms with Gasteiger partial charge in [-0.05, 0) is 37.1 Å². The molecule has 0 radical (unpaired) electrons. The molecule has 2 aromatic heterocycles. The number of ether oxygens (including phenoxy) is 1. The fraction of sp³-hybridized carbons (Fsp3) is 0.286. The number of hydrogen-bond donors (Lipinski definition) is 1. The number of sulfonamides is 1. The zero-order chi connectivity index (χ0) is 25.2. The summed E-state index contributed by atoms with van der Waals surface area (Å²) in [5, 5.41) is 11.1. The first kappa shape index (κ1) is 25.0. The Kier molecular flexibility index (Phi) is 7.35. The van der Waals surface area contributed by atoms with Gasteiger partial charge in [0.2, 0.25) is 32.2 Å². The van der Waals surface area contributed by atoms with Crippen LogP contribution in [0.25, 0.3) is 0 Å². The van der Waals surface area contributed by atoms with Crippen molar-refractivity contribution in [3.63, 3.8) is 0 Å². The van der Waals surface area contributed by atoms with Gasteiger partial charge in [0.15, 0.2) is 4.34 Å². The maximum absolute atomic E-state index is 12.4. The molecule has 3 aromatic rings. The van der Waals surface area contributed by atoms with Crippen LogP contribution in [0.5, 0.6) is 5.75 Å². The van der Waals surface area contributed by atoms with E-state index in [0.29, 0.717) is 15.2 Å². The van der Waals surface area contributed by atoms with Crippen LogP contribution in [0.2, 0.25) is 0 Å². The summed E-state index contributed by atoms with van der Waals surface area (Å²) < 4.78 is 36.4. The average molecular weight is 537 g/mol. The van der Waals surface area contributed by atoms with E-state index >= 15 is 0 Å². The van der Waals surface area contributed by atoms with Gasteiger partial charge < -0.3 is 14.5 Å². The second-order valence-electron chi connectivity index (χ2n) is 7.70. The van der Waals surface area contributed by atoms with Gasteiger partial charge in [0, 0.05) is 26.1 Å². The predicted molar refractivity (Wildman–Crippen MR) is 128 cm³/mol. The number of nitrogens with one attached hydrogen (secondary N) is 1. The molecule has 4 rings (SSSR count). The van der Waals surface area contributed by atoms with E-state index in [4.69, 9.17) is 9.15 Å². The van der Waals surface area contributed by atoms with E-state index < -0.39 is 21.4 Å². The number of anilines is 1. The van der Waals surface area contributed by atoms with Gasteiger partial charge in [-0.2, -0.15) is 0 Å². The number of nitrogens with zero attached hydrogens (tertiary/aromatic N) is 3. The number of amides is 1. The lowest BCUT2D eigenvalue weighted by Crippen LogP contribution is -2.22. The van der Waals surface area contributed by atoms with Gasteiger partial charge in [-0.1, -0.05) is 23.1 Å². The summed E-state index contributed by atoms with van der Waals surface area (Å²) in [6, 6.07) is 6.37. The highest BCUT2D eigenvalue weighted by molar-refractivity contribution is 8.00. The van der Waals surface area contributed by atoms with Crippen LogP contribution < -0.4 is 15.5 Å². The summed E-state index contributed by atoms with van der Waals surface area (Å²) in [5.74, 6) is -0.510. The summed E-state index contributed by atoms with van der Waals surface area (Å²) in [4.78, 5) is 36.6. The molecule has 35 heavy (non-hydrogen) atoms. The third-order valence-corrected chi connectivity index (χ3v) is 8.67. The molecule has 14 heteroatoms. The van der Waals surface area contributed by atoms with Crippen LogP contribution in [-0.4, -0.2) is 48.9 Å². The smallest absolute Gasteiger partial charge is 0.343 e. The number of carbonyl (C=O) groups excluding carboxylic acids is 2. The molecular weight excluding hydrogens is 516 g/mol. The van der Waals surface area contributed by atoms with Crippen molar-refractivity contribution in [3.8, 4) is 5.75 Å². The molecule has 11 nitrogen and oxygen atoms in total. The maximum Gasteiger partial charge on any atom is 0.343 e. The first-order chi connectivity index (χ1) is 16.6. The van der Waals surface area contributed by atoms with Gasteiger partial charge in [-0.25, -0.2) is 17.5 Å². The zero-order valence-corrected chi connectivity index (χ0v) is 21.0. The van der Waals surface area contributed by atoms with Gasteiger partial charge in [-0.3, -0.25) is 9.59 Å². The molecule has 2 heterocycles. The minimum absolute atomic E-state index is 0.0215. The summed E-state index contributed by atoms with van der Waals surface area (Å²) in [7, 11) is -0.828. The molecule has 1 aliphatic carbocycles. The van der Waals surface area contributed by atoms with Gasteiger partial charge in [0.05, 0.1) is 16.2 Å². The predicted octanol–water partition coefficient (Wildman–Crippen LogP) is 2.60. The summed E-state index contributed by atoms with van der Waals surface area (Å²) >= 11 is 2.50. The summed E-state index contributed by atoms with van der Waals surface area (Å²) in [6.45, 7) is 0. The lowest BCUT2D eigenvalue weighted by molar-refractivity contribution is -0.117. The normalized spacial score (nSPS) is 13.6. The van der Waals surface area contributed by atoms with Crippen molar-refractivity contribution >= 4 is 50.1 Å². The van der Waals surface area contributed by atoms with E-state index in [1.165, 1.54) is 67.5 Å². The van der Waals surface area contributed by atoms with E-state index in [-0.39, 0.29) is 33.8 Å². The number of aromatic nitrogens is 2. The minimum Gasteiger partial charge on any atom is -0.464 e. The van der Waals surface area contributed by atoms with Crippen LogP contribution in [0.3, 0.4) is 0 Å². The molecule has 0 unspecified atom stereocenters. The van der Waals surface area contributed by atoms with Crippen LogP contribution in [0, 0.1) is 5.92 Å². The van der Waals surface area contributed by atoms with Gasteiger partial charge in [0.25, 0.3) is 0 Å². The average Bonchev–Trinajstić information content (AvgIpc) is 3.59. The molecule has 1 aromatic carbocycles. The fourth-order valence-corrected chi connectivity index (χ4v) is 5.27. The number of rotatable bonds is 9. The quantitative estimate of drug-likeness (QED) is 0.246. The Bertz CT molecular complexity index is 1410. The monoisotopic (exact) mass is 536 g/mol. The Morgan fingerprint density at radius 3 is 2.57 bits per heavy atom. The van der Waals surface area contributed by atoms with E-state index in [1.807, 2.05) is 0 Å².